The van der Waals surface area contributed by atoms with E-state index in [2.05, 4.69) is 26.9 Å². The van der Waals surface area contributed by atoms with E-state index in [1.54, 1.807) is 30.0 Å². The summed E-state index contributed by atoms with van der Waals surface area (Å²) < 4.78 is 28.3. The minimum absolute atomic E-state index is 0.0425. The lowest BCUT2D eigenvalue weighted by atomic mass is 9.96. The first-order valence-electron chi connectivity index (χ1n) is 6.34. The Balaban J connectivity index is 2.19. The molecule has 19 heavy (non-hydrogen) atoms. The van der Waals surface area contributed by atoms with Crippen LogP contribution in [0.2, 0.25) is 0 Å². The number of hydrogen-bond donors (Lipinski definition) is 1. The van der Waals surface area contributed by atoms with Crippen LogP contribution in [0.25, 0.3) is 0 Å². The van der Waals surface area contributed by atoms with E-state index in [0.29, 0.717) is 14.6 Å². The molecular weight excluding hydrogens is 346 g/mol. The average Bonchev–Trinajstić information content (AvgIpc) is 2.39. The molecule has 0 saturated heterocycles. The fourth-order valence-electron chi connectivity index (χ4n) is 2.44. The summed E-state index contributed by atoms with van der Waals surface area (Å²) in [7, 11) is -3.44. The molecule has 1 saturated carbocycles. The third-order valence-corrected chi connectivity index (χ3v) is 7.11. The summed E-state index contributed by atoms with van der Waals surface area (Å²) in [6.45, 7) is 0. The highest BCUT2D eigenvalue weighted by Gasteiger charge is 2.29. The monoisotopic (exact) mass is 363 g/mol. The molecule has 2 atom stereocenters. The van der Waals surface area contributed by atoms with E-state index in [1.807, 2.05) is 6.07 Å². The molecule has 1 aliphatic carbocycles. The van der Waals surface area contributed by atoms with E-state index in [9.17, 15) is 8.42 Å². The van der Waals surface area contributed by atoms with Crippen LogP contribution >= 0.6 is 27.7 Å². The first-order valence-corrected chi connectivity index (χ1v) is 9.90. The predicted octanol–water partition coefficient (Wildman–Crippen LogP) is 3.40. The van der Waals surface area contributed by atoms with Crippen LogP contribution in [-0.4, -0.2) is 26.0 Å². The molecule has 1 aliphatic rings. The number of hydrogen-bond acceptors (Lipinski definition) is 3. The van der Waals surface area contributed by atoms with Gasteiger partial charge in [0.25, 0.3) is 0 Å². The number of halogens is 1. The molecule has 2 unspecified atom stereocenters. The van der Waals surface area contributed by atoms with Crippen LogP contribution in [0.5, 0.6) is 0 Å². The van der Waals surface area contributed by atoms with Crippen molar-refractivity contribution in [2.45, 2.75) is 41.9 Å². The molecule has 106 valence electrons. The number of benzene rings is 1. The summed E-state index contributed by atoms with van der Waals surface area (Å²) in [5, 5.41) is 0.381. The Labute approximate surface area is 127 Å². The van der Waals surface area contributed by atoms with E-state index >= 15 is 0 Å². The lowest BCUT2D eigenvalue weighted by molar-refractivity contribution is 0.423. The van der Waals surface area contributed by atoms with Gasteiger partial charge in [-0.25, -0.2) is 13.1 Å². The van der Waals surface area contributed by atoms with Crippen molar-refractivity contribution in [3.63, 3.8) is 0 Å². The van der Waals surface area contributed by atoms with Crippen LogP contribution in [-0.2, 0) is 10.0 Å². The summed E-state index contributed by atoms with van der Waals surface area (Å²) >= 11 is 5.06. The lowest BCUT2D eigenvalue weighted by Crippen LogP contribution is -2.43. The van der Waals surface area contributed by atoms with Gasteiger partial charge in [-0.1, -0.05) is 25.0 Å². The summed E-state index contributed by atoms with van der Waals surface area (Å²) in [5.41, 5.74) is 0. The van der Waals surface area contributed by atoms with Crippen molar-refractivity contribution in [3.8, 4) is 0 Å². The van der Waals surface area contributed by atoms with Crippen molar-refractivity contribution >= 4 is 37.7 Å². The first kappa shape index (κ1) is 15.4. The van der Waals surface area contributed by atoms with E-state index < -0.39 is 10.0 Å². The molecule has 1 aromatic rings. The lowest BCUT2D eigenvalue weighted by Gasteiger charge is -2.30. The molecule has 1 aromatic carbocycles. The maximum atomic E-state index is 12.4. The second kappa shape index (κ2) is 6.61. The smallest absolute Gasteiger partial charge is 0.207 e. The maximum absolute atomic E-state index is 12.4. The van der Waals surface area contributed by atoms with Gasteiger partial charge in [-0.15, -0.1) is 0 Å². The van der Waals surface area contributed by atoms with Gasteiger partial charge in [0.2, 0.25) is 10.0 Å². The predicted molar refractivity (Wildman–Crippen MR) is 84.0 cm³/mol. The zero-order valence-electron chi connectivity index (χ0n) is 10.8. The maximum Gasteiger partial charge on any atom is 0.241 e. The van der Waals surface area contributed by atoms with E-state index in [4.69, 9.17) is 0 Å². The van der Waals surface area contributed by atoms with Gasteiger partial charge in [0.05, 0.1) is 4.90 Å². The molecule has 0 bridgehead atoms. The van der Waals surface area contributed by atoms with Gasteiger partial charge >= 0.3 is 0 Å². The quantitative estimate of drug-likeness (QED) is 0.891. The Morgan fingerprint density at radius 3 is 2.63 bits per heavy atom. The third-order valence-electron chi connectivity index (χ3n) is 3.44. The standard InChI is InChI=1S/C13H18BrNO2S2/c1-18-12-8-4-3-7-11(12)15-19(16,17)13-9-5-2-6-10(13)14/h2,5-6,9,11-12,15H,3-4,7-8H2,1H3. The molecular formula is C13H18BrNO2S2. The Hall–Kier alpha value is -0.0400. The molecule has 1 N–H and O–H groups in total. The fraction of sp³-hybridized carbons (Fsp3) is 0.538. The molecule has 6 heteroatoms. The molecule has 0 aromatic heterocycles. The Morgan fingerprint density at radius 1 is 1.26 bits per heavy atom. The van der Waals surface area contributed by atoms with Gasteiger partial charge in [-0.3, -0.25) is 0 Å². The zero-order valence-corrected chi connectivity index (χ0v) is 14.0. The Bertz CT molecular complexity index is 533. The highest BCUT2D eigenvalue weighted by Crippen LogP contribution is 2.29. The summed E-state index contributed by atoms with van der Waals surface area (Å²) in [5.74, 6) is 0. The SMILES string of the molecule is CSC1CCCCC1NS(=O)(=O)c1ccccc1Br. The second-order valence-electron chi connectivity index (χ2n) is 4.72. The molecule has 0 amide bonds. The fourth-order valence-corrected chi connectivity index (χ4v) is 5.77. The molecule has 2 rings (SSSR count). The number of thioether (sulfide) groups is 1. The number of rotatable bonds is 4. The molecule has 0 spiro atoms. The first-order chi connectivity index (χ1) is 9.04. The van der Waals surface area contributed by atoms with Gasteiger partial charge in [0.15, 0.2) is 0 Å². The Morgan fingerprint density at radius 2 is 1.95 bits per heavy atom. The van der Waals surface area contributed by atoms with Crippen molar-refractivity contribution in [1.29, 1.82) is 0 Å². The van der Waals surface area contributed by atoms with Crippen LogP contribution in [0.15, 0.2) is 33.6 Å². The highest BCUT2D eigenvalue weighted by atomic mass is 79.9. The normalized spacial score (nSPS) is 24.3. The van der Waals surface area contributed by atoms with Gasteiger partial charge in [-0.2, -0.15) is 11.8 Å². The summed E-state index contributed by atoms with van der Waals surface area (Å²) in [6, 6.07) is 6.98. The van der Waals surface area contributed by atoms with Gasteiger partial charge in [0, 0.05) is 15.8 Å². The molecule has 0 radical (unpaired) electrons. The van der Waals surface area contributed by atoms with Crippen LogP contribution in [0.3, 0.4) is 0 Å². The number of sulfonamides is 1. The largest absolute Gasteiger partial charge is 0.241 e. The minimum Gasteiger partial charge on any atom is -0.207 e. The van der Waals surface area contributed by atoms with Crippen molar-refractivity contribution < 1.29 is 8.42 Å². The minimum atomic E-state index is -3.44. The van der Waals surface area contributed by atoms with E-state index in [1.165, 1.54) is 6.42 Å². The van der Waals surface area contributed by atoms with Crippen molar-refractivity contribution in [3.05, 3.63) is 28.7 Å². The molecule has 3 nitrogen and oxygen atoms in total. The van der Waals surface area contributed by atoms with Crippen LogP contribution in [0.1, 0.15) is 25.7 Å². The molecule has 1 fully saturated rings. The average molecular weight is 364 g/mol. The van der Waals surface area contributed by atoms with Crippen LogP contribution in [0.4, 0.5) is 0 Å². The van der Waals surface area contributed by atoms with Gasteiger partial charge in [-0.05, 0) is 47.2 Å². The molecule has 0 aliphatic heterocycles. The van der Waals surface area contributed by atoms with E-state index in [-0.39, 0.29) is 6.04 Å². The van der Waals surface area contributed by atoms with Crippen molar-refractivity contribution in [2.24, 2.45) is 0 Å². The Kier molecular flexibility index (Phi) is 5.34. The molecule has 0 heterocycles. The highest BCUT2D eigenvalue weighted by molar-refractivity contribution is 9.10. The van der Waals surface area contributed by atoms with Crippen LogP contribution in [0, 0.1) is 0 Å². The number of nitrogens with one attached hydrogen (secondary N) is 1. The van der Waals surface area contributed by atoms with Crippen molar-refractivity contribution in [2.75, 3.05) is 6.26 Å². The van der Waals surface area contributed by atoms with Gasteiger partial charge < -0.3 is 0 Å². The summed E-state index contributed by atoms with van der Waals surface area (Å²) in [4.78, 5) is 0.320. The van der Waals surface area contributed by atoms with E-state index in [0.717, 1.165) is 19.3 Å². The summed E-state index contributed by atoms with van der Waals surface area (Å²) in [6.07, 6.45) is 6.36. The van der Waals surface area contributed by atoms with Crippen LogP contribution < -0.4 is 4.72 Å². The second-order valence-corrected chi connectivity index (χ2v) is 8.33. The zero-order chi connectivity index (χ0) is 13.9. The third kappa shape index (κ3) is 3.74. The van der Waals surface area contributed by atoms with Crippen molar-refractivity contribution in [1.82, 2.24) is 4.72 Å². The topological polar surface area (TPSA) is 46.2 Å². The van der Waals surface area contributed by atoms with Gasteiger partial charge in [0.1, 0.15) is 0 Å².